The van der Waals surface area contributed by atoms with Gasteiger partial charge in [0.15, 0.2) is 11.9 Å². The summed E-state index contributed by atoms with van der Waals surface area (Å²) in [5, 5.41) is 7.12. The second-order valence-corrected chi connectivity index (χ2v) is 6.84. The van der Waals surface area contributed by atoms with Crippen LogP contribution in [-0.4, -0.2) is 15.7 Å². The molecule has 1 aliphatic rings. The molecule has 1 atom stereocenters. The molecule has 1 aliphatic heterocycles. The summed E-state index contributed by atoms with van der Waals surface area (Å²) in [7, 11) is 0. The lowest BCUT2D eigenvalue weighted by atomic mass is 10.1. The van der Waals surface area contributed by atoms with Crippen LogP contribution in [-0.2, 0) is 4.84 Å². The molecule has 122 valence electrons. The van der Waals surface area contributed by atoms with Crippen LogP contribution >= 0.6 is 22.9 Å². The lowest BCUT2D eigenvalue weighted by Gasteiger charge is -2.07. The fraction of sp³-hybridized carbons (Fsp3) is 0.235. The van der Waals surface area contributed by atoms with E-state index in [-0.39, 0.29) is 11.7 Å². The molecule has 1 aromatic carbocycles. The molecule has 0 radical (unpaired) electrons. The molecular formula is C17H14ClN3O2S. The molecule has 5 nitrogen and oxygen atoms in total. The van der Waals surface area contributed by atoms with Gasteiger partial charge in [0.2, 0.25) is 0 Å². The number of hydrogen-bond donors (Lipinski definition) is 1. The van der Waals surface area contributed by atoms with E-state index < -0.39 is 0 Å². The largest absolute Gasteiger partial charge is 0.384 e. The number of halogens is 1. The van der Waals surface area contributed by atoms with Crippen LogP contribution in [0.2, 0.25) is 5.02 Å². The van der Waals surface area contributed by atoms with Crippen LogP contribution in [0.3, 0.4) is 0 Å². The van der Waals surface area contributed by atoms with Crippen molar-refractivity contribution in [2.24, 2.45) is 5.16 Å². The third kappa shape index (κ3) is 2.52. The maximum Gasteiger partial charge on any atom is 0.260 e. The van der Waals surface area contributed by atoms with Crippen molar-refractivity contribution >= 4 is 38.9 Å². The summed E-state index contributed by atoms with van der Waals surface area (Å²) in [5.74, 6) is 0.521. The number of aromatic nitrogens is 2. The molecule has 3 aromatic rings. The van der Waals surface area contributed by atoms with E-state index in [0.29, 0.717) is 27.5 Å². The van der Waals surface area contributed by atoms with E-state index in [4.69, 9.17) is 16.4 Å². The predicted molar refractivity (Wildman–Crippen MR) is 96.9 cm³/mol. The highest BCUT2D eigenvalue weighted by molar-refractivity contribution is 7.17. The van der Waals surface area contributed by atoms with Gasteiger partial charge in [0.05, 0.1) is 11.1 Å². The number of benzene rings is 1. The van der Waals surface area contributed by atoms with Gasteiger partial charge in [-0.2, -0.15) is 0 Å². The van der Waals surface area contributed by atoms with Crippen molar-refractivity contribution in [2.75, 3.05) is 0 Å². The SMILES string of the molecule is CCC1=NOC(c2nc3scc(-c4ccccc4Cl)c3c(=O)[nH]2)C1. The van der Waals surface area contributed by atoms with Crippen LogP contribution in [0, 0.1) is 0 Å². The second kappa shape index (κ2) is 6.03. The van der Waals surface area contributed by atoms with Gasteiger partial charge in [0.1, 0.15) is 4.83 Å². The number of aromatic amines is 1. The van der Waals surface area contributed by atoms with Gasteiger partial charge in [0, 0.05) is 28.0 Å². The Labute approximate surface area is 146 Å². The minimum atomic E-state index is -0.317. The van der Waals surface area contributed by atoms with Gasteiger partial charge < -0.3 is 9.82 Å². The third-order valence-electron chi connectivity index (χ3n) is 4.07. The van der Waals surface area contributed by atoms with Gasteiger partial charge in [-0.3, -0.25) is 4.79 Å². The standard InChI is InChI=1S/C17H14ClN3O2S/c1-2-9-7-13(23-21-9)15-19-16(22)14-11(8-24-17(14)20-15)10-5-3-4-6-12(10)18/h3-6,8,13H,2,7H2,1H3,(H,19,20,22). The van der Waals surface area contributed by atoms with Gasteiger partial charge in [-0.25, -0.2) is 4.98 Å². The topological polar surface area (TPSA) is 67.3 Å². The van der Waals surface area contributed by atoms with Crippen molar-refractivity contribution in [3.8, 4) is 11.1 Å². The molecular weight excluding hydrogens is 346 g/mol. The second-order valence-electron chi connectivity index (χ2n) is 5.57. The Morgan fingerprint density at radius 3 is 2.96 bits per heavy atom. The molecule has 0 saturated carbocycles. The minimum Gasteiger partial charge on any atom is -0.384 e. The van der Waals surface area contributed by atoms with E-state index in [1.54, 1.807) is 0 Å². The Hall–Kier alpha value is -2.18. The van der Waals surface area contributed by atoms with Gasteiger partial charge in [0.25, 0.3) is 5.56 Å². The summed E-state index contributed by atoms with van der Waals surface area (Å²) in [4.78, 5) is 26.2. The predicted octanol–water partition coefficient (Wildman–Crippen LogP) is 4.53. The third-order valence-corrected chi connectivity index (χ3v) is 5.27. The molecule has 1 N–H and O–H groups in total. The van der Waals surface area contributed by atoms with Crippen molar-refractivity contribution in [3.63, 3.8) is 0 Å². The highest BCUT2D eigenvalue weighted by Crippen LogP contribution is 2.35. The molecule has 7 heteroatoms. The molecule has 0 fully saturated rings. The van der Waals surface area contributed by atoms with Crippen molar-refractivity contribution in [1.29, 1.82) is 0 Å². The lowest BCUT2D eigenvalue weighted by Crippen LogP contribution is -2.14. The van der Waals surface area contributed by atoms with E-state index in [2.05, 4.69) is 15.1 Å². The number of nitrogens with zero attached hydrogens (tertiary/aromatic N) is 2. The molecule has 1 unspecified atom stereocenters. The minimum absolute atomic E-state index is 0.181. The normalized spacial score (nSPS) is 17.1. The summed E-state index contributed by atoms with van der Waals surface area (Å²) in [5.41, 5.74) is 2.43. The molecule has 24 heavy (non-hydrogen) atoms. The Morgan fingerprint density at radius 2 is 2.21 bits per heavy atom. The monoisotopic (exact) mass is 359 g/mol. The quantitative estimate of drug-likeness (QED) is 0.746. The van der Waals surface area contributed by atoms with Crippen LogP contribution < -0.4 is 5.56 Å². The first-order valence-corrected chi connectivity index (χ1v) is 8.91. The van der Waals surface area contributed by atoms with Gasteiger partial charge in [-0.1, -0.05) is 41.9 Å². The maximum atomic E-state index is 12.6. The Morgan fingerprint density at radius 1 is 1.38 bits per heavy atom. The summed E-state index contributed by atoms with van der Waals surface area (Å²) < 4.78 is 0. The fourth-order valence-electron chi connectivity index (χ4n) is 2.78. The van der Waals surface area contributed by atoms with Crippen molar-refractivity contribution in [2.45, 2.75) is 25.9 Å². The van der Waals surface area contributed by atoms with Crippen molar-refractivity contribution < 1.29 is 4.84 Å². The van der Waals surface area contributed by atoms with E-state index in [9.17, 15) is 4.79 Å². The number of H-pyrrole nitrogens is 1. The maximum absolute atomic E-state index is 12.6. The highest BCUT2D eigenvalue weighted by atomic mass is 35.5. The first-order chi connectivity index (χ1) is 11.7. The van der Waals surface area contributed by atoms with Gasteiger partial charge >= 0.3 is 0 Å². The summed E-state index contributed by atoms with van der Waals surface area (Å²) in [6.45, 7) is 2.03. The average molecular weight is 360 g/mol. The fourth-order valence-corrected chi connectivity index (χ4v) is 3.96. The van der Waals surface area contributed by atoms with Crippen LogP contribution in [0.25, 0.3) is 21.3 Å². The van der Waals surface area contributed by atoms with Crippen molar-refractivity contribution in [1.82, 2.24) is 9.97 Å². The van der Waals surface area contributed by atoms with Gasteiger partial charge in [-0.05, 0) is 12.5 Å². The average Bonchev–Trinajstić information content (AvgIpc) is 3.22. The smallest absolute Gasteiger partial charge is 0.260 e. The van der Waals surface area contributed by atoms with Crippen LogP contribution in [0.4, 0.5) is 0 Å². The molecule has 2 aromatic heterocycles. The van der Waals surface area contributed by atoms with Crippen LogP contribution in [0.5, 0.6) is 0 Å². The molecule has 4 rings (SSSR count). The first-order valence-electron chi connectivity index (χ1n) is 7.65. The Bertz CT molecular complexity index is 1010. The zero-order valence-corrected chi connectivity index (χ0v) is 14.4. The van der Waals surface area contributed by atoms with E-state index in [1.807, 2.05) is 36.6 Å². The number of thiophene rings is 1. The van der Waals surface area contributed by atoms with Crippen LogP contribution in [0.1, 0.15) is 31.7 Å². The van der Waals surface area contributed by atoms with Crippen molar-refractivity contribution in [3.05, 3.63) is 50.8 Å². The number of nitrogens with one attached hydrogen (secondary N) is 1. The molecule has 0 amide bonds. The molecule has 0 saturated heterocycles. The summed E-state index contributed by atoms with van der Waals surface area (Å²) in [6.07, 6.45) is 1.18. The highest BCUT2D eigenvalue weighted by Gasteiger charge is 2.25. The number of rotatable bonds is 3. The molecule has 0 aliphatic carbocycles. The number of oxime groups is 1. The first kappa shape index (κ1) is 15.4. The van der Waals surface area contributed by atoms with Gasteiger partial charge in [-0.15, -0.1) is 11.3 Å². The van der Waals surface area contributed by atoms with E-state index >= 15 is 0 Å². The molecule has 3 heterocycles. The molecule has 0 bridgehead atoms. The summed E-state index contributed by atoms with van der Waals surface area (Å²) in [6, 6.07) is 7.48. The zero-order valence-electron chi connectivity index (χ0n) is 12.9. The van der Waals surface area contributed by atoms with Crippen LogP contribution in [0.15, 0.2) is 39.6 Å². The van der Waals surface area contributed by atoms with E-state index in [0.717, 1.165) is 23.3 Å². The zero-order chi connectivity index (χ0) is 16.7. The Kier molecular flexibility index (Phi) is 3.86. The molecule has 0 spiro atoms. The van der Waals surface area contributed by atoms with E-state index in [1.165, 1.54) is 11.3 Å². The lowest BCUT2D eigenvalue weighted by molar-refractivity contribution is 0.0792. The Balaban J connectivity index is 1.80. The summed E-state index contributed by atoms with van der Waals surface area (Å²) >= 11 is 7.70. The number of fused-ring (bicyclic) bond motifs is 1. The number of hydrogen-bond acceptors (Lipinski definition) is 5.